The highest BCUT2D eigenvalue weighted by molar-refractivity contribution is 7.89. The fraction of sp³-hybridized carbons (Fsp3) is 0.250. The summed E-state index contributed by atoms with van der Waals surface area (Å²) in [4.78, 5) is 15.3. The van der Waals surface area contributed by atoms with Crippen molar-refractivity contribution in [1.82, 2.24) is 9.71 Å². The smallest absolute Gasteiger partial charge is 0.251 e. The van der Waals surface area contributed by atoms with Crippen LogP contribution in [0.2, 0.25) is 0 Å². The van der Waals surface area contributed by atoms with Gasteiger partial charge in [-0.3, -0.25) is 4.79 Å². The van der Waals surface area contributed by atoms with Crippen molar-refractivity contribution in [1.29, 1.82) is 0 Å². The number of H-pyrrole nitrogens is 1. The molecule has 136 valence electrons. The van der Waals surface area contributed by atoms with Crippen LogP contribution in [-0.4, -0.2) is 19.9 Å². The number of aromatic amines is 1. The quantitative estimate of drug-likeness (QED) is 0.699. The number of pyridine rings is 1. The fourth-order valence-corrected chi connectivity index (χ4v) is 3.87. The second-order valence-electron chi connectivity index (χ2n) is 6.59. The molecular weight excluding hydrogens is 348 g/mol. The highest BCUT2D eigenvalue weighted by Gasteiger charge is 2.13. The molecular formula is C20H22N2O3S. The zero-order chi connectivity index (χ0) is 18.7. The van der Waals surface area contributed by atoms with Crippen molar-refractivity contribution < 1.29 is 8.42 Å². The van der Waals surface area contributed by atoms with E-state index in [1.54, 1.807) is 30.3 Å². The normalized spacial score (nSPS) is 12.0. The number of benzene rings is 2. The summed E-state index contributed by atoms with van der Waals surface area (Å²) in [5, 5.41) is 0.955. The second kappa shape index (κ2) is 7.43. The highest BCUT2D eigenvalue weighted by Crippen LogP contribution is 2.20. The first-order chi connectivity index (χ1) is 12.4. The van der Waals surface area contributed by atoms with Crippen LogP contribution in [0.5, 0.6) is 0 Å². The Morgan fingerprint density at radius 1 is 1.04 bits per heavy atom. The molecule has 2 N–H and O–H groups in total. The van der Waals surface area contributed by atoms with E-state index >= 15 is 0 Å². The molecule has 26 heavy (non-hydrogen) atoms. The van der Waals surface area contributed by atoms with Crippen molar-refractivity contribution in [3.63, 3.8) is 0 Å². The molecule has 0 radical (unpaired) electrons. The molecule has 0 fully saturated rings. The van der Waals surface area contributed by atoms with Crippen LogP contribution in [0.3, 0.4) is 0 Å². The van der Waals surface area contributed by atoms with Crippen LogP contribution >= 0.6 is 0 Å². The Morgan fingerprint density at radius 2 is 1.77 bits per heavy atom. The molecule has 5 nitrogen and oxygen atoms in total. The van der Waals surface area contributed by atoms with Gasteiger partial charge in [-0.2, -0.15) is 0 Å². The van der Waals surface area contributed by atoms with Crippen molar-refractivity contribution in [2.45, 2.75) is 31.1 Å². The van der Waals surface area contributed by atoms with Gasteiger partial charge in [-0.1, -0.05) is 38.1 Å². The second-order valence-corrected chi connectivity index (χ2v) is 8.35. The van der Waals surface area contributed by atoms with E-state index < -0.39 is 10.0 Å². The molecule has 0 amide bonds. The summed E-state index contributed by atoms with van der Waals surface area (Å²) in [7, 11) is -3.57. The van der Waals surface area contributed by atoms with Crippen LogP contribution in [0.25, 0.3) is 10.9 Å². The lowest BCUT2D eigenvalue weighted by molar-refractivity contribution is 0.581. The zero-order valence-electron chi connectivity index (χ0n) is 14.8. The van der Waals surface area contributed by atoms with Gasteiger partial charge in [0, 0.05) is 17.6 Å². The largest absolute Gasteiger partial charge is 0.322 e. The molecule has 0 atom stereocenters. The molecule has 0 saturated heterocycles. The number of rotatable bonds is 6. The van der Waals surface area contributed by atoms with Crippen molar-refractivity contribution in [3.8, 4) is 0 Å². The van der Waals surface area contributed by atoms with Gasteiger partial charge in [-0.25, -0.2) is 13.1 Å². The maximum absolute atomic E-state index is 12.2. The lowest BCUT2D eigenvalue weighted by Gasteiger charge is -2.09. The first-order valence-corrected chi connectivity index (χ1v) is 10.1. The minimum atomic E-state index is -3.57. The standard InChI is InChI=1S/C20H22N2O3S/c1-14(2)15-8-9-19-17(12-15)13-16(20(23)22-19)10-11-21-26(24,25)18-6-4-3-5-7-18/h3-9,12-14,21H,10-11H2,1-2H3,(H,22,23). The summed E-state index contributed by atoms with van der Waals surface area (Å²) in [6.45, 7) is 4.40. The molecule has 3 aromatic rings. The van der Waals surface area contributed by atoms with Crippen molar-refractivity contribution in [3.05, 3.63) is 76.1 Å². The van der Waals surface area contributed by atoms with Gasteiger partial charge in [0.1, 0.15) is 0 Å². The molecule has 0 spiro atoms. The van der Waals surface area contributed by atoms with Gasteiger partial charge in [-0.05, 0) is 53.6 Å². The Morgan fingerprint density at radius 3 is 2.46 bits per heavy atom. The van der Waals surface area contributed by atoms with Gasteiger partial charge in [0.15, 0.2) is 0 Å². The Labute approximate surface area is 153 Å². The molecule has 0 bridgehead atoms. The molecule has 0 aliphatic rings. The third kappa shape index (κ3) is 4.03. The van der Waals surface area contributed by atoms with E-state index in [1.807, 2.05) is 18.2 Å². The Hall–Kier alpha value is -2.44. The van der Waals surface area contributed by atoms with Gasteiger partial charge in [0.2, 0.25) is 10.0 Å². The summed E-state index contributed by atoms with van der Waals surface area (Å²) in [5.41, 5.74) is 2.36. The molecule has 0 aliphatic carbocycles. The third-order valence-electron chi connectivity index (χ3n) is 4.35. The van der Waals surface area contributed by atoms with Gasteiger partial charge in [0.25, 0.3) is 5.56 Å². The van der Waals surface area contributed by atoms with E-state index in [0.717, 1.165) is 10.9 Å². The van der Waals surface area contributed by atoms with Gasteiger partial charge >= 0.3 is 0 Å². The van der Waals surface area contributed by atoms with Crippen LogP contribution < -0.4 is 10.3 Å². The Bertz CT molecular complexity index is 1070. The van der Waals surface area contributed by atoms with Crippen molar-refractivity contribution in [2.24, 2.45) is 0 Å². The maximum atomic E-state index is 12.2. The Balaban J connectivity index is 1.78. The van der Waals surface area contributed by atoms with Crippen LogP contribution in [0, 0.1) is 0 Å². The van der Waals surface area contributed by atoms with Crippen molar-refractivity contribution in [2.75, 3.05) is 6.54 Å². The topological polar surface area (TPSA) is 79.0 Å². The van der Waals surface area contributed by atoms with E-state index in [-0.39, 0.29) is 17.0 Å². The number of aromatic nitrogens is 1. The van der Waals surface area contributed by atoms with Gasteiger partial charge < -0.3 is 4.98 Å². The molecule has 1 aromatic heterocycles. The summed E-state index contributed by atoms with van der Waals surface area (Å²) in [6.07, 6.45) is 0.323. The lowest BCUT2D eigenvalue weighted by atomic mass is 10.0. The predicted octanol–water partition coefficient (Wildman–Crippen LogP) is 3.17. The van der Waals surface area contributed by atoms with Gasteiger partial charge in [-0.15, -0.1) is 0 Å². The van der Waals surface area contributed by atoms with E-state index in [4.69, 9.17) is 0 Å². The van der Waals surface area contributed by atoms with E-state index in [2.05, 4.69) is 29.6 Å². The molecule has 0 saturated carbocycles. The Kier molecular flexibility index (Phi) is 5.25. The average molecular weight is 370 g/mol. The monoisotopic (exact) mass is 370 g/mol. The van der Waals surface area contributed by atoms with Gasteiger partial charge in [0.05, 0.1) is 4.90 Å². The summed E-state index contributed by atoms with van der Waals surface area (Å²) < 4.78 is 27.0. The fourth-order valence-electron chi connectivity index (χ4n) is 2.82. The number of fused-ring (bicyclic) bond motifs is 1. The minimum Gasteiger partial charge on any atom is -0.322 e. The average Bonchev–Trinajstić information content (AvgIpc) is 2.62. The van der Waals surface area contributed by atoms with Crippen LogP contribution in [0.4, 0.5) is 0 Å². The number of hydrogen-bond acceptors (Lipinski definition) is 3. The molecule has 2 aromatic carbocycles. The summed E-state index contributed by atoms with van der Waals surface area (Å²) in [6, 6.07) is 16.0. The number of nitrogens with one attached hydrogen (secondary N) is 2. The maximum Gasteiger partial charge on any atom is 0.251 e. The summed E-state index contributed by atoms with van der Waals surface area (Å²) in [5.74, 6) is 0.396. The molecule has 0 unspecified atom stereocenters. The first kappa shape index (κ1) is 18.4. The SMILES string of the molecule is CC(C)c1ccc2[nH]c(=O)c(CCNS(=O)(=O)c3ccccc3)cc2c1. The first-order valence-electron chi connectivity index (χ1n) is 8.57. The van der Waals surface area contributed by atoms with E-state index in [0.29, 0.717) is 17.9 Å². The number of hydrogen-bond donors (Lipinski definition) is 2. The molecule has 1 heterocycles. The predicted molar refractivity (Wildman–Crippen MR) is 104 cm³/mol. The third-order valence-corrected chi connectivity index (χ3v) is 5.83. The molecule has 6 heteroatoms. The van der Waals surface area contributed by atoms with E-state index in [1.165, 1.54) is 5.56 Å². The van der Waals surface area contributed by atoms with Crippen molar-refractivity contribution >= 4 is 20.9 Å². The molecule has 0 aliphatic heterocycles. The number of sulfonamides is 1. The van der Waals surface area contributed by atoms with Crippen LogP contribution in [0.15, 0.2) is 64.3 Å². The summed E-state index contributed by atoms with van der Waals surface area (Å²) >= 11 is 0. The van der Waals surface area contributed by atoms with Crippen LogP contribution in [-0.2, 0) is 16.4 Å². The lowest BCUT2D eigenvalue weighted by Crippen LogP contribution is -2.27. The molecule has 3 rings (SSSR count). The highest BCUT2D eigenvalue weighted by atomic mass is 32.2. The minimum absolute atomic E-state index is 0.162. The zero-order valence-corrected chi connectivity index (χ0v) is 15.6. The van der Waals surface area contributed by atoms with E-state index in [9.17, 15) is 13.2 Å². The van der Waals surface area contributed by atoms with Crippen LogP contribution in [0.1, 0.15) is 30.9 Å².